The van der Waals surface area contributed by atoms with Crippen molar-refractivity contribution in [2.75, 3.05) is 45.3 Å². The number of ether oxygens (including phenoxy) is 2. The molecule has 1 fully saturated rings. The molecule has 1 saturated heterocycles. The van der Waals surface area contributed by atoms with Crippen LogP contribution >= 0.6 is 11.3 Å². The van der Waals surface area contributed by atoms with Crippen molar-refractivity contribution in [2.24, 2.45) is 0 Å². The zero-order valence-electron chi connectivity index (χ0n) is 19.2. The average Bonchev–Trinajstić information content (AvgIpc) is 3.33. The van der Waals surface area contributed by atoms with E-state index >= 15 is 0 Å². The molecule has 0 aliphatic carbocycles. The molecule has 0 N–H and O–H groups in total. The Morgan fingerprint density at radius 1 is 1.06 bits per heavy atom. The Morgan fingerprint density at radius 2 is 1.83 bits per heavy atom. The molecular weight excluding hydrogens is 471 g/mol. The van der Waals surface area contributed by atoms with Gasteiger partial charge in [0.05, 0.1) is 25.6 Å². The first kappa shape index (κ1) is 22.9. The number of benzene rings is 2. The normalized spacial score (nSPS) is 13.8. The van der Waals surface area contributed by atoms with E-state index in [2.05, 4.69) is 4.98 Å². The third-order valence-electron chi connectivity index (χ3n) is 6.12. The lowest BCUT2D eigenvalue weighted by Crippen LogP contribution is -2.50. The van der Waals surface area contributed by atoms with Crippen LogP contribution in [0.3, 0.4) is 0 Å². The number of carbonyl (C=O) groups excluding carboxylic acids is 1. The standard InChI is InChI=1S/C25H23FN4O4S/c1-33-16-7-8-22(34-2)17(13-16)21-15-35-25-27-14-18(24(32)30(21)25)23(31)29-11-9-28(10-12-29)20-6-4-3-5-19(20)26/h3-8,13-15H,9-12H2,1-2H3. The number of thiazole rings is 1. The molecule has 0 bridgehead atoms. The van der Waals surface area contributed by atoms with Crippen LogP contribution in [0.25, 0.3) is 16.2 Å². The van der Waals surface area contributed by atoms with Crippen LogP contribution in [0.1, 0.15) is 10.4 Å². The fourth-order valence-electron chi connectivity index (χ4n) is 4.27. The lowest BCUT2D eigenvalue weighted by Gasteiger charge is -2.36. The molecule has 180 valence electrons. The van der Waals surface area contributed by atoms with Gasteiger partial charge >= 0.3 is 0 Å². The maximum atomic E-state index is 14.2. The molecule has 0 radical (unpaired) electrons. The first-order chi connectivity index (χ1) is 17.0. The number of para-hydroxylation sites is 1. The fourth-order valence-corrected chi connectivity index (χ4v) is 5.12. The number of carbonyl (C=O) groups is 1. The molecular formula is C25H23FN4O4S. The number of aromatic nitrogens is 2. The summed E-state index contributed by atoms with van der Waals surface area (Å²) in [5, 5.41) is 1.81. The van der Waals surface area contributed by atoms with Gasteiger partial charge in [-0.1, -0.05) is 12.1 Å². The quantitative estimate of drug-likeness (QED) is 0.423. The van der Waals surface area contributed by atoms with Crippen LogP contribution in [0, 0.1) is 5.82 Å². The summed E-state index contributed by atoms with van der Waals surface area (Å²) in [7, 11) is 3.12. The molecule has 0 spiro atoms. The highest BCUT2D eigenvalue weighted by Gasteiger charge is 2.27. The van der Waals surface area contributed by atoms with Gasteiger partial charge in [-0.15, -0.1) is 11.3 Å². The van der Waals surface area contributed by atoms with Gasteiger partial charge in [0.15, 0.2) is 4.96 Å². The molecule has 2 aromatic carbocycles. The maximum Gasteiger partial charge on any atom is 0.271 e. The van der Waals surface area contributed by atoms with E-state index in [0.29, 0.717) is 59.6 Å². The number of amides is 1. The van der Waals surface area contributed by atoms with Gasteiger partial charge in [-0.25, -0.2) is 9.37 Å². The minimum absolute atomic E-state index is 0.0108. The zero-order valence-corrected chi connectivity index (χ0v) is 20.0. The van der Waals surface area contributed by atoms with Gasteiger partial charge in [-0.05, 0) is 30.3 Å². The average molecular weight is 495 g/mol. The number of piperazine rings is 1. The van der Waals surface area contributed by atoms with Gasteiger partial charge in [0.2, 0.25) is 0 Å². The molecule has 1 amide bonds. The number of methoxy groups -OCH3 is 2. The van der Waals surface area contributed by atoms with Crippen molar-refractivity contribution in [1.29, 1.82) is 0 Å². The van der Waals surface area contributed by atoms with Crippen LogP contribution in [0.15, 0.2) is 58.8 Å². The van der Waals surface area contributed by atoms with Crippen molar-refractivity contribution in [1.82, 2.24) is 14.3 Å². The second-order valence-electron chi connectivity index (χ2n) is 8.01. The Balaban J connectivity index is 1.46. The lowest BCUT2D eigenvalue weighted by molar-refractivity contribution is 0.0744. The van der Waals surface area contributed by atoms with E-state index in [0.717, 1.165) is 0 Å². The molecule has 0 saturated carbocycles. The van der Waals surface area contributed by atoms with E-state index in [1.54, 1.807) is 55.5 Å². The van der Waals surface area contributed by atoms with E-state index in [4.69, 9.17) is 9.47 Å². The van der Waals surface area contributed by atoms with Crippen LogP contribution in [0.5, 0.6) is 11.5 Å². The number of halogens is 1. The van der Waals surface area contributed by atoms with Gasteiger partial charge in [0.25, 0.3) is 11.5 Å². The van der Waals surface area contributed by atoms with Crippen LogP contribution < -0.4 is 19.9 Å². The highest BCUT2D eigenvalue weighted by Crippen LogP contribution is 2.35. The van der Waals surface area contributed by atoms with Gasteiger partial charge in [-0.2, -0.15) is 0 Å². The van der Waals surface area contributed by atoms with Crippen molar-refractivity contribution in [3.05, 3.63) is 75.8 Å². The second kappa shape index (κ2) is 9.38. The number of hydrogen-bond donors (Lipinski definition) is 0. The van der Waals surface area contributed by atoms with E-state index in [1.807, 2.05) is 10.3 Å². The highest BCUT2D eigenvalue weighted by molar-refractivity contribution is 7.15. The summed E-state index contributed by atoms with van der Waals surface area (Å²) in [4.78, 5) is 35.2. The van der Waals surface area contributed by atoms with E-state index < -0.39 is 5.56 Å². The number of nitrogens with zero attached hydrogens (tertiary/aromatic N) is 4. The Bertz CT molecular complexity index is 1460. The Kier molecular flexibility index (Phi) is 6.12. The molecule has 0 unspecified atom stereocenters. The van der Waals surface area contributed by atoms with Gasteiger partial charge in [-0.3, -0.25) is 14.0 Å². The smallest absolute Gasteiger partial charge is 0.271 e. The van der Waals surface area contributed by atoms with Crippen molar-refractivity contribution in [2.45, 2.75) is 0 Å². The van der Waals surface area contributed by atoms with Gasteiger partial charge in [0, 0.05) is 43.3 Å². The first-order valence-electron chi connectivity index (χ1n) is 11.0. The molecule has 3 heterocycles. The molecule has 10 heteroatoms. The van der Waals surface area contributed by atoms with Crippen molar-refractivity contribution < 1.29 is 18.7 Å². The third-order valence-corrected chi connectivity index (χ3v) is 6.96. The van der Waals surface area contributed by atoms with Gasteiger partial charge in [0.1, 0.15) is 22.9 Å². The Hall–Kier alpha value is -3.92. The van der Waals surface area contributed by atoms with E-state index in [9.17, 15) is 14.0 Å². The van der Waals surface area contributed by atoms with Crippen molar-refractivity contribution in [3.8, 4) is 22.8 Å². The SMILES string of the molecule is COc1ccc(OC)c(-c2csc3ncc(C(=O)N4CCN(c5ccccc5F)CC4)c(=O)n23)c1. The Morgan fingerprint density at radius 3 is 2.54 bits per heavy atom. The van der Waals surface area contributed by atoms with Crippen molar-refractivity contribution in [3.63, 3.8) is 0 Å². The number of anilines is 1. The lowest BCUT2D eigenvalue weighted by atomic mass is 10.1. The monoisotopic (exact) mass is 494 g/mol. The third kappa shape index (κ3) is 4.10. The predicted molar refractivity (Wildman–Crippen MR) is 132 cm³/mol. The minimum Gasteiger partial charge on any atom is -0.497 e. The highest BCUT2D eigenvalue weighted by atomic mass is 32.1. The minimum atomic E-state index is -0.447. The molecule has 8 nitrogen and oxygen atoms in total. The molecule has 2 aromatic heterocycles. The molecule has 4 aromatic rings. The number of hydrogen-bond acceptors (Lipinski definition) is 7. The van der Waals surface area contributed by atoms with Gasteiger partial charge < -0.3 is 19.3 Å². The second-order valence-corrected chi connectivity index (χ2v) is 8.85. The summed E-state index contributed by atoms with van der Waals surface area (Å²) >= 11 is 1.30. The van der Waals surface area contributed by atoms with E-state index in [1.165, 1.54) is 28.0 Å². The molecule has 35 heavy (non-hydrogen) atoms. The molecule has 5 rings (SSSR count). The number of rotatable bonds is 5. The summed E-state index contributed by atoms with van der Waals surface area (Å²) < 4.78 is 26.4. The predicted octanol–water partition coefficient (Wildman–Crippen LogP) is 3.54. The van der Waals surface area contributed by atoms with Crippen LogP contribution in [0.2, 0.25) is 0 Å². The fraction of sp³-hybridized carbons (Fsp3) is 0.240. The van der Waals surface area contributed by atoms with E-state index in [-0.39, 0.29) is 17.3 Å². The Labute approximate surface area is 204 Å². The number of fused-ring (bicyclic) bond motifs is 1. The van der Waals surface area contributed by atoms with Crippen LogP contribution in [-0.2, 0) is 0 Å². The summed E-state index contributed by atoms with van der Waals surface area (Å²) in [6, 6.07) is 11.9. The maximum absolute atomic E-state index is 14.2. The summed E-state index contributed by atoms with van der Waals surface area (Å²) in [6.07, 6.45) is 1.34. The molecule has 1 aliphatic rings. The summed E-state index contributed by atoms with van der Waals surface area (Å²) in [5.74, 6) is 0.498. The summed E-state index contributed by atoms with van der Waals surface area (Å²) in [5.41, 5.74) is 1.28. The van der Waals surface area contributed by atoms with Crippen LogP contribution in [-0.4, -0.2) is 60.6 Å². The molecule has 0 atom stereocenters. The molecule has 1 aliphatic heterocycles. The first-order valence-corrected chi connectivity index (χ1v) is 11.9. The summed E-state index contributed by atoms with van der Waals surface area (Å²) in [6.45, 7) is 1.67. The largest absolute Gasteiger partial charge is 0.497 e. The van der Waals surface area contributed by atoms with Crippen molar-refractivity contribution >= 4 is 27.9 Å². The topological polar surface area (TPSA) is 76.4 Å². The van der Waals surface area contributed by atoms with Crippen LogP contribution in [0.4, 0.5) is 10.1 Å². The zero-order chi connectivity index (χ0) is 24.5.